The van der Waals surface area contributed by atoms with Gasteiger partial charge in [-0.2, -0.15) is 0 Å². The maximum absolute atomic E-state index is 10.3. The smallest absolute Gasteiger partial charge is 0.338 e. The molecule has 0 rings (SSSR count). The highest BCUT2D eigenvalue weighted by Gasteiger charge is 2.24. The maximum atomic E-state index is 10.3. The van der Waals surface area contributed by atoms with E-state index in [-0.39, 0.29) is 13.2 Å². The SMILES string of the molecule is C[N+](C)(CCO)CC(O)C(=O)O. The van der Waals surface area contributed by atoms with Gasteiger partial charge in [0.05, 0.1) is 20.7 Å². The number of quaternary nitrogens is 1. The Bertz CT molecular complexity index is 157. The Hall–Kier alpha value is -0.650. The molecule has 0 heterocycles. The maximum Gasteiger partial charge on any atom is 0.338 e. The van der Waals surface area contributed by atoms with Crippen LogP contribution < -0.4 is 0 Å². The molecule has 1 atom stereocenters. The first-order valence-corrected chi connectivity index (χ1v) is 3.73. The summed E-state index contributed by atoms with van der Waals surface area (Å²) < 4.78 is 0.296. The highest BCUT2D eigenvalue weighted by atomic mass is 16.4. The number of rotatable bonds is 5. The van der Waals surface area contributed by atoms with Crippen molar-refractivity contribution in [2.45, 2.75) is 6.10 Å². The van der Waals surface area contributed by atoms with E-state index in [1.807, 2.05) is 0 Å². The van der Waals surface area contributed by atoms with Crippen LogP contribution in [-0.4, -0.2) is 65.7 Å². The van der Waals surface area contributed by atoms with E-state index in [0.717, 1.165) is 0 Å². The Morgan fingerprint density at radius 2 is 2.00 bits per heavy atom. The van der Waals surface area contributed by atoms with Gasteiger partial charge in [-0.25, -0.2) is 4.79 Å². The molecule has 0 aliphatic heterocycles. The molecule has 0 radical (unpaired) electrons. The fourth-order valence-corrected chi connectivity index (χ4v) is 0.908. The summed E-state index contributed by atoms with van der Waals surface area (Å²) in [6.07, 6.45) is -1.36. The van der Waals surface area contributed by atoms with Crippen molar-refractivity contribution in [2.75, 3.05) is 33.8 Å². The second-order valence-corrected chi connectivity index (χ2v) is 3.42. The molecule has 3 N–H and O–H groups in total. The van der Waals surface area contributed by atoms with E-state index in [1.54, 1.807) is 14.1 Å². The zero-order valence-electron chi connectivity index (χ0n) is 7.40. The number of hydrogen-bond donors (Lipinski definition) is 3. The van der Waals surface area contributed by atoms with Crippen molar-refractivity contribution in [3.8, 4) is 0 Å². The molecule has 12 heavy (non-hydrogen) atoms. The van der Waals surface area contributed by atoms with Gasteiger partial charge < -0.3 is 19.8 Å². The first-order valence-electron chi connectivity index (χ1n) is 3.73. The number of aliphatic carboxylic acids is 1. The van der Waals surface area contributed by atoms with Gasteiger partial charge in [-0.05, 0) is 0 Å². The van der Waals surface area contributed by atoms with E-state index < -0.39 is 12.1 Å². The van der Waals surface area contributed by atoms with Crippen molar-refractivity contribution in [2.24, 2.45) is 0 Å². The standard InChI is InChI=1S/C7H15NO4/c1-8(2,3-4-9)5-6(10)7(11)12/h6,9-10H,3-5H2,1-2H3/p+1. The third-order valence-electron chi connectivity index (χ3n) is 1.66. The summed E-state index contributed by atoms with van der Waals surface area (Å²) in [4.78, 5) is 10.3. The predicted octanol–water partition coefficient (Wildman–Crippen LogP) is -1.50. The van der Waals surface area contributed by atoms with E-state index in [0.29, 0.717) is 11.0 Å². The van der Waals surface area contributed by atoms with Crippen LogP contribution in [0.25, 0.3) is 0 Å². The van der Waals surface area contributed by atoms with Crippen molar-refractivity contribution in [1.29, 1.82) is 0 Å². The Labute approximate surface area is 71.4 Å². The van der Waals surface area contributed by atoms with Crippen molar-refractivity contribution in [1.82, 2.24) is 0 Å². The lowest BCUT2D eigenvalue weighted by molar-refractivity contribution is -0.892. The Morgan fingerprint density at radius 1 is 1.50 bits per heavy atom. The zero-order chi connectivity index (χ0) is 9.78. The zero-order valence-corrected chi connectivity index (χ0v) is 7.40. The topological polar surface area (TPSA) is 77.8 Å². The van der Waals surface area contributed by atoms with Crippen LogP contribution in [0.2, 0.25) is 0 Å². The number of carbonyl (C=O) groups is 1. The number of carboxylic acid groups (broad SMARTS) is 1. The highest BCUT2D eigenvalue weighted by Crippen LogP contribution is 1.98. The minimum atomic E-state index is -1.36. The lowest BCUT2D eigenvalue weighted by Crippen LogP contribution is -2.49. The van der Waals surface area contributed by atoms with E-state index in [4.69, 9.17) is 15.3 Å². The molecule has 0 aliphatic carbocycles. The second kappa shape index (κ2) is 4.39. The lowest BCUT2D eigenvalue weighted by Gasteiger charge is -2.29. The fraction of sp³-hybridized carbons (Fsp3) is 0.857. The van der Waals surface area contributed by atoms with Gasteiger partial charge in [-0.15, -0.1) is 0 Å². The molecule has 0 aromatic heterocycles. The van der Waals surface area contributed by atoms with Gasteiger partial charge in [0, 0.05) is 0 Å². The summed E-state index contributed by atoms with van der Waals surface area (Å²) in [5, 5.41) is 26.0. The summed E-state index contributed by atoms with van der Waals surface area (Å²) >= 11 is 0. The fourth-order valence-electron chi connectivity index (χ4n) is 0.908. The van der Waals surface area contributed by atoms with E-state index in [2.05, 4.69) is 0 Å². The third kappa shape index (κ3) is 4.27. The predicted molar refractivity (Wildman–Crippen MR) is 42.6 cm³/mol. The summed E-state index contributed by atoms with van der Waals surface area (Å²) in [7, 11) is 3.50. The minimum Gasteiger partial charge on any atom is -0.479 e. The normalized spacial score (nSPS) is 14.3. The van der Waals surface area contributed by atoms with Gasteiger partial charge in [0.15, 0.2) is 0 Å². The van der Waals surface area contributed by atoms with Crippen LogP contribution in [0, 0.1) is 0 Å². The lowest BCUT2D eigenvalue weighted by atomic mass is 10.3. The number of aliphatic hydroxyl groups excluding tert-OH is 2. The van der Waals surface area contributed by atoms with Crippen LogP contribution in [0.1, 0.15) is 0 Å². The van der Waals surface area contributed by atoms with Crippen molar-refractivity contribution >= 4 is 5.97 Å². The molecular formula is C7H16NO4+. The highest BCUT2D eigenvalue weighted by molar-refractivity contribution is 5.71. The average Bonchev–Trinajstić information content (AvgIpc) is 1.85. The van der Waals surface area contributed by atoms with Crippen LogP contribution in [0.4, 0.5) is 0 Å². The van der Waals surface area contributed by atoms with Crippen LogP contribution in [0.15, 0.2) is 0 Å². The van der Waals surface area contributed by atoms with Gasteiger partial charge >= 0.3 is 5.97 Å². The van der Waals surface area contributed by atoms with E-state index >= 15 is 0 Å². The molecule has 72 valence electrons. The number of nitrogens with zero attached hydrogens (tertiary/aromatic N) is 1. The van der Waals surface area contributed by atoms with Gasteiger partial charge in [0.2, 0.25) is 6.10 Å². The van der Waals surface area contributed by atoms with Crippen LogP contribution >= 0.6 is 0 Å². The molecule has 0 saturated heterocycles. The molecule has 0 bridgehead atoms. The number of hydrogen-bond acceptors (Lipinski definition) is 3. The largest absolute Gasteiger partial charge is 0.479 e. The Balaban J connectivity index is 3.95. The number of carboxylic acids is 1. The monoisotopic (exact) mass is 178 g/mol. The molecule has 0 aromatic rings. The number of aliphatic hydroxyl groups is 2. The number of likely N-dealkylation sites (N-methyl/N-ethyl adjacent to an activating group) is 1. The quantitative estimate of drug-likeness (QED) is 0.448. The first kappa shape index (κ1) is 11.4. The van der Waals surface area contributed by atoms with Gasteiger partial charge in [0.25, 0.3) is 0 Å². The molecule has 5 nitrogen and oxygen atoms in total. The Morgan fingerprint density at radius 3 is 2.33 bits per heavy atom. The second-order valence-electron chi connectivity index (χ2n) is 3.42. The van der Waals surface area contributed by atoms with Crippen LogP contribution in [0.5, 0.6) is 0 Å². The van der Waals surface area contributed by atoms with E-state index in [1.165, 1.54) is 0 Å². The molecule has 0 spiro atoms. The average molecular weight is 178 g/mol. The summed E-state index contributed by atoms with van der Waals surface area (Å²) in [6.45, 7) is 0.527. The van der Waals surface area contributed by atoms with E-state index in [9.17, 15) is 4.79 Å². The molecule has 1 unspecified atom stereocenters. The molecule has 0 saturated carbocycles. The minimum absolute atomic E-state index is 0.0145. The summed E-state index contributed by atoms with van der Waals surface area (Å²) in [6, 6.07) is 0. The van der Waals surface area contributed by atoms with Gasteiger partial charge in [0.1, 0.15) is 13.1 Å². The van der Waals surface area contributed by atoms with Gasteiger partial charge in [-0.3, -0.25) is 0 Å². The summed E-state index contributed by atoms with van der Waals surface area (Å²) in [5.74, 6) is -1.22. The van der Waals surface area contributed by atoms with Crippen molar-refractivity contribution < 1.29 is 24.6 Å². The van der Waals surface area contributed by atoms with Crippen molar-refractivity contribution in [3.63, 3.8) is 0 Å². The van der Waals surface area contributed by atoms with Crippen molar-refractivity contribution in [3.05, 3.63) is 0 Å². The summed E-state index contributed by atoms with van der Waals surface area (Å²) in [5.41, 5.74) is 0. The third-order valence-corrected chi connectivity index (χ3v) is 1.66. The molecule has 0 fully saturated rings. The molecular weight excluding hydrogens is 162 g/mol. The van der Waals surface area contributed by atoms with Crippen LogP contribution in [0.3, 0.4) is 0 Å². The molecule has 0 aromatic carbocycles. The molecule has 5 heteroatoms. The first-order chi connectivity index (χ1) is 5.39. The Kier molecular flexibility index (Phi) is 4.16. The molecule has 0 amide bonds. The molecule has 0 aliphatic rings. The van der Waals surface area contributed by atoms with Gasteiger partial charge in [-0.1, -0.05) is 0 Å². The van der Waals surface area contributed by atoms with Crippen LogP contribution in [-0.2, 0) is 4.79 Å².